The number of hydrogen-bond donors (Lipinski definition) is 1. The van der Waals surface area contributed by atoms with E-state index < -0.39 is 16.1 Å². The van der Waals surface area contributed by atoms with Gasteiger partial charge in [0.1, 0.15) is 6.04 Å². The summed E-state index contributed by atoms with van der Waals surface area (Å²) in [6.07, 6.45) is 1.96. The van der Waals surface area contributed by atoms with Crippen LogP contribution in [0.2, 0.25) is 0 Å². The molecule has 0 bridgehead atoms. The summed E-state index contributed by atoms with van der Waals surface area (Å²) >= 11 is 0. The maximum absolute atomic E-state index is 12.6. The molecule has 110 valence electrons. The van der Waals surface area contributed by atoms with E-state index in [1.165, 1.54) is 4.31 Å². The molecule has 1 aromatic rings. The Balaban J connectivity index is 2.27. The van der Waals surface area contributed by atoms with Gasteiger partial charge in [-0.15, -0.1) is 0 Å². The van der Waals surface area contributed by atoms with Gasteiger partial charge in [-0.2, -0.15) is 4.31 Å². The van der Waals surface area contributed by atoms with E-state index in [1.807, 2.05) is 12.1 Å². The molecule has 1 aromatic carbocycles. The lowest BCUT2D eigenvalue weighted by Crippen LogP contribution is -2.55. The van der Waals surface area contributed by atoms with E-state index in [-0.39, 0.29) is 10.8 Å². The number of rotatable bonds is 4. The van der Waals surface area contributed by atoms with Gasteiger partial charge >= 0.3 is 0 Å². The van der Waals surface area contributed by atoms with Gasteiger partial charge in [0.25, 0.3) is 0 Å². The van der Waals surface area contributed by atoms with Crippen LogP contribution >= 0.6 is 0 Å². The molecular weight excluding hydrogens is 276 g/mol. The Morgan fingerprint density at radius 1 is 1.30 bits per heavy atom. The van der Waals surface area contributed by atoms with Crippen molar-refractivity contribution in [3.63, 3.8) is 0 Å². The summed E-state index contributed by atoms with van der Waals surface area (Å²) in [4.78, 5) is 11.9. The Morgan fingerprint density at radius 2 is 1.95 bits per heavy atom. The van der Waals surface area contributed by atoms with Crippen LogP contribution in [-0.4, -0.2) is 37.8 Å². The van der Waals surface area contributed by atoms with Gasteiger partial charge in [-0.3, -0.25) is 4.79 Å². The standard InChI is InChI=1S/C14H20N2O3S/c1-3-4-12-5-7-13(8-6-12)20(18,19)16-10-9-15-14(17)11(16)2/h5-8,11H,3-4,9-10H2,1-2H3,(H,15,17). The van der Waals surface area contributed by atoms with Gasteiger partial charge in [-0.25, -0.2) is 8.42 Å². The molecule has 1 heterocycles. The molecule has 0 saturated carbocycles. The molecule has 5 nitrogen and oxygen atoms in total. The van der Waals surface area contributed by atoms with E-state index in [0.29, 0.717) is 13.1 Å². The zero-order valence-corrected chi connectivity index (χ0v) is 12.6. The van der Waals surface area contributed by atoms with Crippen LogP contribution in [0, 0.1) is 0 Å². The highest BCUT2D eigenvalue weighted by atomic mass is 32.2. The van der Waals surface area contributed by atoms with Crippen molar-refractivity contribution in [2.24, 2.45) is 0 Å². The van der Waals surface area contributed by atoms with Crippen molar-refractivity contribution >= 4 is 15.9 Å². The monoisotopic (exact) mass is 296 g/mol. The van der Waals surface area contributed by atoms with Crippen molar-refractivity contribution in [1.29, 1.82) is 0 Å². The maximum Gasteiger partial charge on any atom is 0.243 e. The van der Waals surface area contributed by atoms with Crippen molar-refractivity contribution < 1.29 is 13.2 Å². The van der Waals surface area contributed by atoms with E-state index in [4.69, 9.17) is 0 Å². The molecule has 1 aliphatic heterocycles. The number of carbonyl (C=O) groups is 1. The summed E-state index contributed by atoms with van der Waals surface area (Å²) in [7, 11) is -3.60. The molecule has 2 rings (SSSR count). The first-order chi connectivity index (χ1) is 9.46. The number of benzene rings is 1. The van der Waals surface area contributed by atoms with Gasteiger partial charge in [0.15, 0.2) is 0 Å². The fourth-order valence-electron chi connectivity index (χ4n) is 2.34. The Kier molecular flexibility index (Phi) is 4.45. The summed E-state index contributed by atoms with van der Waals surface area (Å²) in [5, 5.41) is 2.67. The van der Waals surface area contributed by atoms with Crippen LogP contribution in [-0.2, 0) is 21.2 Å². The molecule has 0 spiro atoms. The van der Waals surface area contributed by atoms with E-state index in [1.54, 1.807) is 19.1 Å². The first kappa shape index (κ1) is 15.0. The molecule has 1 N–H and O–H groups in total. The van der Waals surface area contributed by atoms with E-state index in [0.717, 1.165) is 18.4 Å². The normalized spacial score (nSPS) is 20.7. The van der Waals surface area contributed by atoms with Crippen LogP contribution in [0.5, 0.6) is 0 Å². The second-order valence-corrected chi connectivity index (χ2v) is 6.87. The van der Waals surface area contributed by atoms with Crippen LogP contribution in [0.3, 0.4) is 0 Å². The number of amides is 1. The van der Waals surface area contributed by atoms with Gasteiger partial charge in [-0.1, -0.05) is 25.5 Å². The van der Waals surface area contributed by atoms with Gasteiger partial charge in [0.05, 0.1) is 4.90 Å². The van der Waals surface area contributed by atoms with Crippen molar-refractivity contribution in [1.82, 2.24) is 9.62 Å². The molecule has 1 amide bonds. The molecule has 1 saturated heterocycles. The molecule has 0 aliphatic carbocycles. The predicted molar refractivity (Wildman–Crippen MR) is 76.8 cm³/mol. The number of hydrogen-bond acceptors (Lipinski definition) is 3. The van der Waals surface area contributed by atoms with Crippen LogP contribution in [0.25, 0.3) is 0 Å². The number of nitrogens with zero attached hydrogens (tertiary/aromatic N) is 1. The van der Waals surface area contributed by atoms with E-state index >= 15 is 0 Å². The summed E-state index contributed by atoms with van der Waals surface area (Å²) in [5.41, 5.74) is 1.12. The van der Waals surface area contributed by atoms with Crippen molar-refractivity contribution in [3.8, 4) is 0 Å². The lowest BCUT2D eigenvalue weighted by molar-refractivity contribution is -0.126. The number of piperazine rings is 1. The van der Waals surface area contributed by atoms with Crippen LogP contribution in [0.15, 0.2) is 29.2 Å². The zero-order valence-electron chi connectivity index (χ0n) is 11.8. The minimum atomic E-state index is -3.60. The van der Waals surface area contributed by atoms with Crippen LogP contribution in [0.4, 0.5) is 0 Å². The van der Waals surface area contributed by atoms with Gasteiger partial charge in [-0.05, 0) is 31.0 Å². The van der Waals surface area contributed by atoms with Crippen LogP contribution < -0.4 is 5.32 Å². The minimum absolute atomic E-state index is 0.248. The molecule has 0 radical (unpaired) electrons. The summed E-state index contributed by atoms with van der Waals surface area (Å²) < 4.78 is 26.4. The molecule has 0 aromatic heterocycles. The Hall–Kier alpha value is -1.40. The third-order valence-corrected chi connectivity index (χ3v) is 5.50. The molecule has 6 heteroatoms. The first-order valence-corrected chi connectivity index (χ1v) is 8.29. The number of sulfonamides is 1. The Bertz CT molecular complexity index is 581. The molecule has 1 fully saturated rings. The van der Waals surface area contributed by atoms with Crippen molar-refractivity contribution in [2.45, 2.75) is 37.6 Å². The fourth-order valence-corrected chi connectivity index (χ4v) is 3.94. The summed E-state index contributed by atoms with van der Waals surface area (Å²) in [6, 6.07) is 6.26. The highest BCUT2D eigenvalue weighted by Gasteiger charge is 2.35. The van der Waals surface area contributed by atoms with E-state index in [9.17, 15) is 13.2 Å². The third-order valence-electron chi connectivity index (χ3n) is 3.51. The van der Waals surface area contributed by atoms with Crippen molar-refractivity contribution in [3.05, 3.63) is 29.8 Å². The smallest absolute Gasteiger partial charge is 0.243 e. The number of carbonyl (C=O) groups excluding carboxylic acids is 1. The lowest BCUT2D eigenvalue weighted by atomic mass is 10.1. The fraction of sp³-hybridized carbons (Fsp3) is 0.500. The number of nitrogens with one attached hydrogen (secondary N) is 1. The topological polar surface area (TPSA) is 66.5 Å². The molecule has 1 unspecified atom stereocenters. The number of aryl methyl sites for hydroxylation is 1. The van der Waals surface area contributed by atoms with Gasteiger partial charge < -0.3 is 5.32 Å². The quantitative estimate of drug-likeness (QED) is 0.906. The molecule has 1 aliphatic rings. The SMILES string of the molecule is CCCc1ccc(S(=O)(=O)N2CCNC(=O)C2C)cc1. The molecule has 20 heavy (non-hydrogen) atoms. The zero-order chi connectivity index (χ0) is 14.8. The van der Waals surface area contributed by atoms with Crippen LogP contribution in [0.1, 0.15) is 25.8 Å². The maximum atomic E-state index is 12.6. The highest BCUT2D eigenvalue weighted by molar-refractivity contribution is 7.89. The summed E-state index contributed by atoms with van der Waals surface area (Å²) in [5.74, 6) is -0.248. The summed E-state index contributed by atoms with van der Waals surface area (Å²) in [6.45, 7) is 4.36. The second kappa shape index (κ2) is 5.93. The van der Waals surface area contributed by atoms with Gasteiger partial charge in [0, 0.05) is 13.1 Å². The second-order valence-electron chi connectivity index (χ2n) is 4.98. The largest absolute Gasteiger partial charge is 0.353 e. The predicted octanol–water partition coefficient (Wildman–Crippen LogP) is 1.15. The Morgan fingerprint density at radius 3 is 2.55 bits per heavy atom. The minimum Gasteiger partial charge on any atom is -0.353 e. The highest BCUT2D eigenvalue weighted by Crippen LogP contribution is 2.20. The van der Waals surface area contributed by atoms with Crippen molar-refractivity contribution in [2.75, 3.05) is 13.1 Å². The lowest BCUT2D eigenvalue weighted by Gasteiger charge is -2.31. The average molecular weight is 296 g/mol. The third kappa shape index (κ3) is 2.86. The molecular formula is C14H20N2O3S. The first-order valence-electron chi connectivity index (χ1n) is 6.85. The van der Waals surface area contributed by atoms with E-state index in [2.05, 4.69) is 12.2 Å². The molecule has 1 atom stereocenters. The average Bonchev–Trinajstić information content (AvgIpc) is 2.42. The Labute approximate surface area is 120 Å². The van der Waals surface area contributed by atoms with Gasteiger partial charge in [0.2, 0.25) is 15.9 Å².